The molecule has 22 heteroatoms. The largest absolute Gasteiger partial charge is 0.507 e. The third-order valence-corrected chi connectivity index (χ3v) is 12.4. The minimum absolute atomic E-state index is 0.00198. The van der Waals surface area contributed by atoms with Gasteiger partial charge in [-0.1, -0.05) is 27.7 Å². The molecular formula is C52H56O22. The van der Waals surface area contributed by atoms with Crippen LogP contribution in [0.15, 0.2) is 72.7 Å². The smallest absolute Gasteiger partial charge is 0.348 e. The average molecular weight is 1030 g/mol. The first-order chi connectivity index (χ1) is 34.7. The van der Waals surface area contributed by atoms with E-state index in [1.165, 1.54) is 72.6 Å². The number of hydrogen-bond donors (Lipinski definition) is 4. The second-order valence-electron chi connectivity index (χ2n) is 18.8. The summed E-state index contributed by atoms with van der Waals surface area (Å²) in [6.07, 6.45) is -1.70. The zero-order chi connectivity index (χ0) is 54.7. The van der Waals surface area contributed by atoms with Gasteiger partial charge in [0, 0.05) is 29.0 Å². The van der Waals surface area contributed by atoms with Crippen molar-refractivity contribution in [1.29, 1.82) is 0 Å². The summed E-state index contributed by atoms with van der Waals surface area (Å²) in [6.45, 7) is 11.9. The Morgan fingerprint density at radius 3 is 1.45 bits per heavy atom. The third kappa shape index (κ3) is 11.5. The Morgan fingerprint density at radius 2 is 1.04 bits per heavy atom. The molecule has 0 radical (unpaired) electrons. The van der Waals surface area contributed by atoms with Crippen molar-refractivity contribution in [3.8, 4) is 34.5 Å². The van der Waals surface area contributed by atoms with Crippen molar-refractivity contribution in [1.82, 2.24) is 0 Å². The van der Waals surface area contributed by atoms with Crippen LogP contribution in [0.3, 0.4) is 0 Å². The van der Waals surface area contributed by atoms with Gasteiger partial charge in [0.05, 0.1) is 34.0 Å². The Kier molecular flexibility index (Phi) is 16.2. The molecule has 0 saturated carbocycles. The summed E-state index contributed by atoms with van der Waals surface area (Å²) in [5.74, 6) is -4.98. The molecule has 22 nitrogen and oxygen atoms in total. The number of hydrogen-bond acceptors (Lipinski definition) is 21. The number of methoxy groups -OCH3 is 4. The summed E-state index contributed by atoms with van der Waals surface area (Å²) in [5, 5.41) is 39.8. The minimum atomic E-state index is -1.32. The quantitative estimate of drug-likeness (QED) is 0.0822. The van der Waals surface area contributed by atoms with E-state index in [4.69, 9.17) is 56.6 Å². The van der Waals surface area contributed by atoms with Gasteiger partial charge in [0.25, 0.3) is 0 Å². The van der Waals surface area contributed by atoms with Crippen LogP contribution in [0.5, 0.6) is 34.5 Å². The van der Waals surface area contributed by atoms with Gasteiger partial charge < -0.3 is 71.9 Å². The fourth-order valence-electron chi connectivity index (χ4n) is 7.82. The average Bonchev–Trinajstić information content (AvgIpc) is 3.77. The number of phenols is 2. The zero-order valence-electron chi connectivity index (χ0n) is 42.2. The second kappa shape index (κ2) is 21.8. The van der Waals surface area contributed by atoms with E-state index in [1.807, 2.05) is 0 Å². The molecular weight excluding hydrogens is 977 g/mol. The molecule has 5 aromatic rings. The van der Waals surface area contributed by atoms with Gasteiger partial charge in [0.1, 0.15) is 93.5 Å². The van der Waals surface area contributed by atoms with Crippen molar-refractivity contribution in [2.75, 3.05) is 41.7 Å². The number of ether oxygens (including phenoxy) is 9. The summed E-state index contributed by atoms with van der Waals surface area (Å²) >= 11 is 0. The van der Waals surface area contributed by atoms with Crippen LogP contribution < -0.4 is 30.2 Å². The van der Waals surface area contributed by atoms with Crippen LogP contribution in [-0.4, -0.2) is 104 Å². The highest BCUT2D eigenvalue weighted by atomic mass is 16.6. The van der Waals surface area contributed by atoms with Crippen molar-refractivity contribution in [3.63, 3.8) is 0 Å². The molecule has 3 aliphatic heterocycles. The highest BCUT2D eigenvalue weighted by Gasteiger charge is 2.48. The van der Waals surface area contributed by atoms with E-state index in [2.05, 4.69) is 0 Å². The maximum atomic E-state index is 12.6. The van der Waals surface area contributed by atoms with Gasteiger partial charge in [-0.15, -0.1) is 0 Å². The molecule has 8 rings (SSSR count). The Hall–Kier alpha value is -8.27. The Labute approximate surface area is 421 Å². The molecule has 6 atom stereocenters. The summed E-state index contributed by atoms with van der Waals surface area (Å²) in [4.78, 5) is 83.7. The van der Waals surface area contributed by atoms with Gasteiger partial charge in [-0.05, 0) is 73.5 Å². The van der Waals surface area contributed by atoms with Crippen LogP contribution >= 0.6 is 0 Å². The number of esters is 4. The number of benzene rings is 3. The molecule has 4 N–H and O–H groups in total. The van der Waals surface area contributed by atoms with E-state index < -0.39 is 88.2 Å². The van der Waals surface area contributed by atoms with E-state index in [0.717, 1.165) is 0 Å². The number of carboxylic acids is 1. The van der Waals surface area contributed by atoms with Gasteiger partial charge in [0.2, 0.25) is 18.5 Å². The number of carbonyl (C=O) groups excluding carboxylic acids is 4. The molecule has 0 spiro atoms. The van der Waals surface area contributed by atoms with Crippen LogP contribution in [-0.2, 0) is 47.7 Å². The fourth-order valence-corrected chi connectivity index (χ4v) is 7.82. The van der Waals surface area contributed by atoms with Crippen LogP contribution in [0.25, 0.3) is 27.6 Å². The van der Waals surface area contributed by atoms with Gasteiger partial charge in [0.15, 0.2) is 0 Å². The van der Waals surface area contributed by atoms with Gasteiger partial charge in [-0.2, -0.15) is 0 Å². The summed E-state index contributed by atoms with van der Waals surface area (Å²) in [7, 11) is 5.84. The van der Waals surface area contributed by atoms with Crippen LogP contribution in [0, 0.1) is 16.7 Å². The summed E-state index contributed by atoms with van der Waals surface area (Å²) in [5.41, 5.74) is -1.78. The summed E-state index contributed by atoms with van der Waals surface area (Å²) < 4.78 is 56.9. The fraction of sp³-hybridized carbons (Fsp3) is 0.404. The molecule has 0 aliphatic carbocycles. The molecule has 2 aromatic heterocycles. The number of carboxylic acid groups (broad SMARTS) is 1. The maximum Gasteiger partial charge on any atom is 0.348 e. The summed E-state index contributed by atoms with van der Waals surface area (Å²) in [6, 6.07) is 11.9. The number of aliphatic carboxylic acids is 1. The predicted molar refractivity (Wildman–Crippen MR) is 258 cm³/mol. The number of cyclic esters (lactones) is 2. The van der Waals surface area contributed by atoms with Crippen molar-refractivity contribution >= 4 is 57.5 Å². The number of phenolic OH excluding ortho intramolecular Hbond substituents is 2. The van der Waals surface area contributed by atoms with E-state index >= 15 is 0 Å². The second-order valence-corrected chi connectivity index (χ2v) is 18.8. The highest BCUT2D eigenvalue weighted by Crippen LogP contribution is 2.42. The maximum absolute atomic E-state index is 12.6. The van der Waals surface area contributed by atoms with Crippen molar-refractivity contribution in [2.24, 2.45) is 16.7 Å². The molecule has 0 bridgehead atoms. The number of rotatable bonds is 12. The van der Waals surface area contributed by atoms with E-state index in [9.17, 15) is 48.9 Å². The van der Waals surface area contributed by atoms with Gasteiger partial charge >= 0.3 is 41.1 Å². The van der Waals surface area contributed by atoms with Crippen LogP contribution in [0.4, 0.5) is 0 Å². The first-order valence-electron chi connectivity index (χ1n) is 22.7. The standard InChI is InChI=1S/C20H24O8.C19H20O8.C13H12O6/c1-10(17(21)28-16-19(23)26-9-20(16,2)3)13-7-11-6-12(24-4)8-14(25-5)15(11)18(22)27-13;1-9(16(21)27-15-18(23)25-8-19(15,2)3)13-6-10-5-11(24-4)7-12(20)14(10)17(22)26-13;1-6(12(15)16)10-4-7-3-8(18-2)5-9(14)11(7)13(17)19-10/h6-8,10,16,18,22H,9H2,1-5H3;5-7,9,15,20H,8H2,1-4H3;3-6,14H,1-2H3,(H,15,16)/t10-,16+,18?;9-,15+;6-/m111/s1. The van der Waals surface area contributed by atoms with Gasteiger partial charge in [-0.3, -0.25) is 14.4 Å². The van der Waals surface area contributed by atoms with Crippen molar-refractivity contribution in [3.05, 3.63) is 97.8 Å². The first kappa shape index (κ1) is 55.1. The van der Waals surface area contributed by atoms with E-state index in [1.54, 1.807) is 58.9 Å². The minimum Gasteiger partial charge on any atom is -0.507 e. The molecule has 1 unspecified atom stereocenters. The van der Waals surface area contributed by atoms with E-state index in [0.29, 0.717) is 44.9 Å². The number of carbonyl (C=O) groups is 5. The van der Waals surface area contributed by atoms with Crippen LogP contribution in [0.1, 0.15) is 89.2 Å². The Morgan fingerprint density at radius 1 is 0.608 bits per heavy atom. The number of aliphatic hydroxyl groups excluding tert-OH is 1. The van der Waals surface area contributed by atoms with E-state index in [-0.39, 0.29) is 52.8 Å². The van der Waals surface area contributed by atoms with Gasteiger partial charge in [-0.25, -0.2) is 19.2 Å². The Bertz CT molecular complexity index is 3160. The topological polar surface area (TPSA) is 310 Å². The lowest BCUT2D eigenvalue weighted by Gasteiger charge is -2.28. The molecule has 396 valence electrons. The molecule has 3 aromatic carbocycles. The monoisotopic (exact) mass is 1030 g/mol. The Balaban J connectivity index is 0.000000184. The predicted octanol–water partition coefficient (Wildman–Crippen LogP) is 6.00. The normalized spacial score (nSPS) is 19.2. The molecule has 74 heavy (non-hydrogen) atoms. The van der Waals surface area contributed by atoms with Crippen molar-refractivity contribution < 1.29 is 95.9 Å². The number of aromatic hydroxyl groups is 2. The number of aliphatic hydroxyl groups is 1. The lowest BCUT2D eigenvalue weighted by molar-refractivity contribution is -0.167. The highest BCUT2D eigenvalue weighted by molar-refractivity contribution is 5.91. The molecule has 2 saturated heterocycles. The lowest BCUT2D eigenvalue weighted by Crippen LogP contribution is -2.37. The first-order valence-corrected chi connectivity index (χ1v) is 22.7. The molecule has 5 heterocycles. The zero-order valence-corrected chi connectivity index (χ0v) is 42.2. The SMILES string of the molecule is COc1cc(O)c2c(=O)oc([C@@H](C)C(=O)O)cc2c1.COc1cc(O)c2c(=O)oc([C@@H](C)C(=O)O[C@H]3C(=O)OCC3(C)C)cc2c1.COc1cc2c(c(OC)c1)C(O)OC([C@@H](C)C(=O)O[C@H]1C(=O)OCC1(C)C)=C2. The molecule has 0 amide bonds. The molecule has 3 aliphatic rings. The van der Waals surface area contributed by atoms with Crippen molar-refractivity contribution in [2.45, 2.75) is 78.8 Å². The number of fused-ring (bicyclic) bond motifs is 3. The third-order valence-electron chi connectivity index (χ3n) is 12.4. The molecule has 2 fully saturated rings. The lowest BCUT2D eigenvalue weighted by atomic mass is 9.89. The van der Waals surface area contributed by atoms with Crippen LogP contribution in [0.2, 0.25) is 0 Å².